The van der Waals surface area contributed by atoms with Gasteiger partial charge in [0.05, 0.1) is 5.56 Å². The van der Waals surface area contributed by atoms with Gasteiger partial charge in [-0.3, -0.25) is 0 Å². The second kappa shape index (κ2) is 7.67. The predicted octanol–water partition coefficient (Wildman–Crippen LogP) is 5.83. The largest absolute Gasteiger partial charge is 0.207 e. The van der Waals surface area contributed by atoms with Gasteiger partial charge in [0.2, 0.25) is 0 Å². The second-order valence-corrected chi connectivity index (χ2v) is 6.27. The van der Waals surface area contributed by atoms with E-state index in [-0.39, 0.29) is 11.5 Å². The molecular formula is C18H22F3N. The number of hydrogen-bond acceptors (Lipinski definition) is 1. The molecule has 0 aromatic heterocycles. The highest BCUT2D eigenvalue weighted by atomic mass is 19.2. The van der Waals surface area contributed by atoms with Crippen LogP contribution < -0.4 is 0 Å². The third-order valence-corrected chi connectivity index (χ3v) is 4.79. The topological polar surface area (TPSA) is 23.8 Å². The lowest BCUT2D eigenvalue weighted by molar-refractivity contribution is 0.293. The molecular weight excluding hydrogens is 287 g/mol. The van der Waals surface area contributed by atoms with Gasteiger partial charge in [-0.15, -0.1) is 0 Å². The first-order valence-corrected chi connectivity index (χ1v) is 8.15. The van der Waals surface area contributed by atoms with E-state index in [1.54, 1.807) is 0 Å². The molecule has 0 saturated heterocycles. The number of benzene rings is 1. The Morgan fingerprint density at radius 2 is 1.77 bits per heavy atom. The number of halogens is 3. The first-order chi connectivity index (χ1) is 10.6. The van der Waals surface area contributed by atoms with E-state index in [0.29, 0.717) is 18.8 Å². The van der Waals surface area contributed by atoms with Gasteiger partial charge in [-0.1, -0.05) is 32.6 Å². The van der Waals surface area contributed by atoms with Crippen molar-refractivity contribution < 1.29 is 13.2 Å². The Morgan fingerprint density at radius 1 is 1.09 bits per heavy atom. The van der Waals surface area contributed by atoms with Gasteiger partial charge in [-0.25, -0.2) is 13.2 Å². The van der Waals surface area contributed by atoms with Crippen LogP contribution in [0.25, 0.3) is 0 Å². The maximum absolute atomic E-state index is 14.1. The van der Waals surface area contributed by atoms with Crippen LogP contribution in [-0.2, 0) is 0 Å². The summed E-state index contributed by atoms with van der Waals surface area (Å²) in [5.74, 6) is -2.83. The monoisotopic (exact) mass is 309 g/mol. The average Bonchev–Trinajstić information content (AvgIpc) is 2.52. The van der Waals surface area contributed by atoms with Gasteiger partial charge >= 0.3 is 0 Å². The minimum absolute atomic E-state index is 0.163. The van der Waals surface area contributed by atoms with Crippen LogP contribution in [-0.4, -0.2) is 0 Å². The van der Waals surface area contributed by atoms with Crippen LogP contribution in [0.4, 0.5) is 13.2 Å². The van der Waals surface area contributed by atoms with E-state index >= 15 is 0 Å². The highest BCUT2D eigenvalue weighted by Crippen LogP contribution is 2.40. The molecule has 0 aliphatic heterocycles. The van der Waals surface area contributed by atoms with Crippen LogP contribution >= 0.6 is 0 Å². The molecule has 1 nitrogen and oxygen atoms in total. The zero-order chi connectivity index (χ0) is 16.1. The molecule has 2 rings (SSSR count). The SMILES string of the molecule is CCCCC[C@H]1CC[C@H](c2c(F)cc(C#N)c(F)c2F)CC1. The van der Waals surface area contributed by atoms with Crippen molar-refractivity contribution in [2.75, 3.05) is 0 Å². The maximum atomic E-state index is 14.1. The van der Waals surface area contributed by atoms with Crippen molar-refractivity contribution in [1.29, 1.82) is 5.26 Å². The summed E-state index contributed by atoms with van der Waals surface area (Å²) in [5.41, 5.74) is -0.726. The smallest absolute Gasteiger partial charge is 0.177 e. The molecule has 22 heavy (non-hydrogen) atoms. The van der Waals surface area contributed by atoms with Crippen LogP contribution in [0.3, 0.4) is 0 Å². The van der Waals surface area contributed by atoms with E-state index in [1.165, 1.54) is 31.8 Å². The average molecular weight is 309 g/mol. The van der Waals surface area contributed by atoms with Crippen molar-refractivity contribution in [2.24, 2.45) is 5.92 Å². The zero-order valence-electron chi connectivity index (χ0n) is 13.0. The van der Waals surface area contributed by atoms with Crippen molar-refractivity contribution >= 4 is 0 Å². The molecule has 0 spiro atoms. The van der Waals surface area contributed by atoms with Crippen molar-refractivity contribution in [3.05, 3.63) is 34.6 Å². The zero-order valence-corrected chi connectivity index (χ0v) is 13.0. The van der Waals surface area contributed by atoms with Crippen LogP contribution in [0.2, 0.25) is 0 Å². The summed E-state index contributed by atoms with van der Waals surface area (Å²) in [6.07, 6.45) is 8.06. The molecule has 1 fully saturated rings. The third kappa shape index (κ3) is 3.63. The van der Waals surface area contributed by atoms with Crippen molar-refractivity contribution in [2.45, 2.75) is 64.2 Å². The molecule has 4 heteroatoms. The molecule has 0 radical (unpaired) electrons. The molecule has 0 atom stereocenters. The van der Waals surface area contributed by atoms with E-state index in [9.17, 15) is 13.2 Å². The number of hydrogen-bond donors (Lipinski definition) is 0. The summed E-state index contributed by atoms with van der Waals surface area (Å²) in [6.45, 7) is 2.17. The molecule has 1 aliphatic rings. The van der Waals surface area contributed by atoms with E-state index < -0.39 is 23.0 Å². The Labute approximate surface area is 130 Å². The first-order valence-electron chi connectivity index (χ1n) is 8.15. The van der Waals surface area contributed by atoms with E-state index in [0.717, 1.165) is 18.9 Å². The Balaban J connectivity index is 2.06. The van der Waals surface area contributed by atoms with Crippen molar-refractivity contribution in [3.8, 4) is 6.07 Å². The fourth-order valence-electron chi connectivity index (χ4n) is 3.49. The van der Waals surface area contributed by atoms with Gasteiger partial charge in [0.25, 0.3) is 0 Å². The first kappa shape index (κ1) is 16.9. The number of nitriles is 1. The molecule has 1 aliphatic carbocycles. The minimum Gasteiger partial charge on any atom is -0.207 e. The maximum Gasteiger partial charge on any atom is 0.177 e. The minimum atomic E-state index is -1.22. The van der Waals surface area contributed by atoms with Gasteiger partial charge in [0, 0.05) is 5.56 Å². The lowest BCUT2D eigenvalue weighted by Crippen LogP contribution is -2.16. The number of nitrogens with zero attached hydrogens (tertiary/aromatic N) is 1. The molecule has 1 aromatic rings. The van der Waals surface area contributed by atoms with Gasteiger partial charge in [-0.2, -0.15) is 5.26 Å². The lowest BCUT2D eigenvalue weighted by atomic mass is 9.76. The summed E-state index contributed by atoms with van der Waals surface area (Å²) < 4.78 is 41.8. The molecule has 0 heterocycles. The molecule has 120 valence electrons. The molecule has 1 aromatic carbocycles. The molecule has 0 amide bonds. The fraction of sp³-hybridized carbons (Fsp3) is 0.611. The summed E-state index contributed by atoms with van der Waals surface area (Å²) in [6, 6.07) is 2.31. The Kier molecular flexibility index (Phi) is 5.88. The Morgan fingerprint density at radius 3 is 2.36 bits per heavy atom. The van der Waals surface area contributed by atoms with Crippen LogP contribution in [0.15, 0.2) is 6.07 Å². The lowest BCUT2D eigenvalue weighted by Gasteiger charge is -2.29. The molecule has 0 bridgehead atoms. The second-order valence-electron chi connectivity index (χ2n) is 6.27. The number of rotatable bonds is 5. The van der Waals surface area contributed by atoms with E-state index in [4.69, 9.17) is 5.26 Å². The summed E-state index contributed by atoms with van der Waals surface area (Å²) >= 11 is 0. The molecule has 0 unspecified atom stereocenters. The number of unbranched alkanes of at least 4 members (excludes halogenated alkanes) is 2. The summed E-state index contributed by atoms with van der Waals surface area (Å²) in [7, 11) is 0. The molecule has 0 N–H and O–H groups in total. The third-order valence-electron chi connectivity index (χ3n) is 4.79. The van der Waals surface area contributed by atoms with Crippen molar-refractivity contribution in [3.63, 3.8) is 0 Å². The van der Waals surface area contributed by atoms with E-state index in [1.807, 2.05) is 0 Å². The normalized spacial score (nSPS) is 21.6. The van der Waals surface area contributed by atoms with Crippen LogP contribution in [0, 0.1) is 34.7 Å². The quantitative estimate of drug-likeness (QED) is 0.496. The molecule has 1 saturated carbocycles. The van der Waals surface area contributed by atoms with Gasteiger partial charge in [0.15, 0.2) is 11.6 Å². The standard InChI is InChI=1S/C18H22F3N/c1-2-3-4-5-12-6-8-13(9-7-12)16-15(19)10-14(11-22)17(20)18(16)21/h10,12-13H,2-9H2,1H3/t12-,13-. The predicted molar refractivity (Wildman–Crippen MR) is 79.9 cm³/mol. The Hall–Kier alpha value is -1.50. The summed E-state index contributed by atoms with van der Waals surface area (Å²) in [4.78, 5) is 0. The summed E-state index contributed by atoms with van der Waals surface area (Å²) in [5, 5.41) is 8.68. The van der Waals surface area contributed by atoms with Gasteiger partial charge < -0.3 is 0 Å². The van der Waals surface area contributed by atoms with Gasteiger partial charge in [-0.05, 0) is 43.6 Å². The van der Waals surface area contributed by atoms with Crippen LogP contribution in [0.5, 0.6) is 0 Å². The fourth-order valence-corrected chi connectivity index (χ4v) is 3.49. The Bertz CT molecular complexity index is 554. The highest BCUT2D eigenvalue weighted by Gasteiger charge is 2.29. The van der Waals surface area contributed by atoms with Crippen LogP contribution in [0.1, 0.15) is 75.3 Å². The highest BCUT2D eigenvalue weighted by molar-refractivity contribution is 5.37. The van der Waals surface area contributed by atoms with E-state index in [2.05, 4.69) is 6.92 Å². The van der Waals surface area contributed by atoms with Crippen molar-refractivity contribution in [1.82, 2.24) is 0 Å². The van der Waals surface area contributed by atoms with Gasteiger partial charge in [0.1, 0.15) is 11.9 Å².